The molecule has 0 fully saturated rings. The quantitative estimate of drug-likeness (QED) is 0.520. The summed E-state index contributed by atoms with van der Waals surface area (Å²) in [5.74, 6) is -0.795. The number of aromatic nitrogens is 4. The van der Waals surface area contributed by atoms with Crippen LogP contribution in [-0.2, 0) is 15.9 Å². The van der Waals surface area contributed by atoms with E-state index in [1.807, 2.05) is 0 Å². The van der Waals surface area contributed by atoms with Gasteiger partial charge in [0.25, 0.3) is 5.91 Å². The fourth-order valence-corrected chi connectivity index (χ4v) is 3.64. The van der Waals surface area contributed by atoms with Gasteiger partial charge in [-0.1, -0.05) is 11.6 Å². The predicted molar refractivity (Wildman–Crippen MR) is 117 cm³/mol. The summed E-state index contributed by atoms with van der Waals surface area (Å²) >= 11 is 5.66. The summed E-state index contributed by atoms with van der Waals surface area (Å²) in [7, 11) is -2.36. The molecule has 0 radical (unpaired) electrons. The number of nitrogens with zero attached hydrogens (tertiary/aromatic N) is 5. The SMILES string of the molecule is C[C@H](NC(=O)c1cc(Cl)nc(C(F)(F)F)c1)c1nccnc1-c1ccc(N=S(C)(C)=O)cn1. The first kappa shape index (κ1) is 24.5. The first-order valence-electron chi connectivity index (χ1n) is 9.33. The molecule has 3 aromatic rings. The van der Waals surface area contributed by atoms with Crippen molar-refractivity contribution in [3.63, 3.8) is 0 Å². The van der Waals surface area contributed by atoms with Crippen LogP contribution in [0.1, 0.15) is 34.7 Å². The lowest BCUT2D eigenvalue weighted by molar-refractivity contribution is -0.141. The van der Waals surface area contributed by atoms with Gasteiger partial charge in [-0.3, -0.25) is 19.7 Å². The van der Waals surface area contributed by atoms with Crippen LogP contribution in [0.2, 0.25) is 5.15 Å². The normalized spacial score (nSPS) is 12.8. The third-order valence-corrected chi connectivity index (χ3v) is 4.99. The first-order chi connectivity index (χ1) is 15.3. The van der Waals surface area contributed by atoms with E-state index in [9.17, 15) is 22.2 Å². The molecule has 0 unspecified atom stereocenters. The average molecular weight is 499 g/mol. The van der Waals surface area contributed by atoms with Gasteiger partial charge in [-0.25, -0.2) is 9.19 Å². The number of carbonyl (C=O) groups excluding carboxylic acids is 1. The van der Waals surface area contributed by atoms with Crippen molar-refractivity contribution < 1.29 is 22.2 Å². The van der Waals surface area contributed by atoms with E-state index in [2.05, 4.69) is 29.6 Å². The zero-order chi connectivity index (χ0) is 24.4. The summed E-state index contributed by atoms with van der Waals surface area (Å²) in [6.45, 7) is 1.60. The highest BCUT2D eigenvalue weighted by atomic mass is 35.5. The zero-order valence-corrected chi connectivity index (χ0v) is 19.2. The van der Waals surface area contributed by atoms with Crippen LogP contribution >= 0.6 is 11.6 Å². The van der Waals surface area contributed by atoms with Gasteiger partial charge in [-0.05, 0) is 31.2 Å². The van der Waals surface area contributed by atoms with E-state index >= 15 is 0 Å². The Labute approximate surface area is 192 Å². The maximum Gasteiger partial charge on any atom is 0.433 e. The van der Waals surface area contributed by atoms with Gasteiger partial charge in [-0.2, -0.15) is 17.5 Å². The van der Waals surface area contributed by atoms with Crippen molar-refractivity contribution in [3.8, 4) is 11.4 Å². The molecule has 1 N–H and O–H groups in total. The molecule has 3 heterocycles. The van der Waals surface area contributed by atoms with Gasteiger partial charge in [0.05, 0.1) is 29.3 Å². The second-order valence-electron chi connectivity index (χ2n) is 7.22. The summed E-state index contributed by atoms with van der Waals surface area (Å²) in [4.78, 5) is 28.6. The van der Waals surface area contributed by atoms with Crippen LogP contribution in [-0.4, -0.2) is 42.6 Å². The number of alkyl halides is 3. The molecule has 0 saturated carbocycles. The van der Waals surface area contributed by atoms with Crippen LogP contribution < -0.4 is 5.32 Å². The van der Waals surface area contributed by atoms with Crippen LogP contribution in [0.15, 0.2) is 47.2 Å². The fraction of sp³-hybridized carbons (Fsp3) is 0.250. The first-order valence-corrected chi connectivity index (χ1v) is 12.0. The average Bonchev–Trinajstić information content (AvgIpc) is 2.72. The number of amides is 1. The van der Waals surface area contributed by atoms with Crippen molar-refractivity contribution in [2.45, 2.75) is 19.1 Å². The number of hydrogen-bond acceptors (Lipinski definition) is 7. The Morgan fingerprint density at radius 1 is 1.15 bits per heavy atom. The van der Waals surface area contributed by atoms with Crippen molar-refractivity contribution in [1.82, 2.24) is 25.3 Å². The zero-order valence-electron chi connectivity index (χ0n) is 17.6. The molecule has 1 amide bonds. The summed E-state index contributed by atoms with van der Waals surface area (Å²) in [6.07, 6.45) is 2.54. The summed E-state index contributed by atoms with van der Waals surface area (Å²) in [6, 6.07) is 4.16. The highest BCUT2D eigenvalue weighted by Crippen LogP contribution is 2.30. The number of carbonyl (C=O) groups is 1. The Bertz CT molecular complexity index is 1300. The molecule has 3 aromatic heterocycles. The number of hydrogen-bond donors (Lipinski definition) is 1. The topological polar surface area (TPSA) is 110 Å². The monoisotopic (exact) mass is 498 g/mol. The molecule has 174 valence electrons. The van der Waals surface area contributed by atoms with Gasteiger partial charge >= 0.3 is 6.18 Å². The Balaban J connectivity index is 1.88. The molecule has 0 saturated heterocycles. The van der Waals surface area contributed by atoms with Gasteiger partial charge < -0.3 is 5.32 Å². The van der Waals surface area contributed by atoms with E-state index in [0.717, 1.165) is 6.07 Å². The highest BCUT2D eigenvalue weighted by molar-refractivity contribution is 7.92. The third kappa shape index (κ3) is 6.45. The minimum atomic E-state index is -4.75. The summed E-state index contributed by atoms with van der Waals surface area (Å²) in [5, 5.41) is 2.13. The maximum atomic E-state index is 13.0. The maximum absolute atomic E-state index is 13.0. The van der Waals surface area contributed by atoms with Crippen molar-refractivity contribution >= 4 is 32.9 Å². The van der Waals surface area contributed by atoms with E-state index in [-0.39, 0.29) is 5.56 Å². The van der Waals surface area contributed by atoms with Crippen LogP contribution in [0.4, 0.5) is 18.9 Å². The fourth-order valence-electron chi connectivity index (χ4n) is 2.82. The van der Waals surface area contributed by atoms with E-state index in [4.69, 9.17) is 11.6 Å². The highest BCUT2D eigenvalue weighted by Gasteiger charge is 2.34. The van der Waals surface area contributed by atoms with E-state index in [0.29, 0.717) is 28.8 Å². The summed E-state index contributed by atoms with van der Waals surface area (Å²) < 4.78 is 54.9. The lowest BCUT2D eigenvalue weighted by atomic mass is 10.1. The van der Waals surface area contributed by atoms with Gasteiger partial charge in [0, 0.05) is 40.2 Å². The van der Waals surface area contributed by atoms with Crippen molar-refractivity contribution in [2.24, 2.45) is 4.36 Å². The van der Waals surface area contributed by atoms with Crippen molar-refractivity contribution in [1.29, 1.82) is 0 Å². The molecule has 0 aromatic carbocycles. The van der Waals surface area contributed by atoms with Crippen LogP contribution in [0.25, 0.3) is 11.4 Å². The molecule has 3 rings (SSSR count). The second kappa shape index (κ2) is 9.40. The molecule has 0 aliphatic rings. The van der Waals surface area contributed by atoms with E-state index in [1.54, 1.807) is 19.1 Å². The number of pyridine rings is 2. The molecule has 0 aliphatic heterocycles. The second-order valence-corrected chi connectivity index (χ2v) is 10.2. The molecule has 0 aliphatic carbocycles. The van der Waals surface area contributed by atoms with Crippen LogP contribution in [0, 0.1) is 0 Å². The van der Waals surface area contributed by atoms with Crippen molar-refractivity contribution in [2.75, 3.05) is 12.5 Å². The molecule has 13 heteroatoms. The van der Waals surface area contributed by atoms with Gasteiger partial charge in [0.1, 0.15) is 16.5 Å². The predicted octanol–water partition coefficient (Wildman–Crippen LogP) is 4.46. The Morgan fingerprint density at radius 2 is 1.85 bits per heavy atom. The molecule has 0 spiro atoms. The molecular weight excluding hydrogens is 481 g/mol. The third-order valence-electron chi connectivity index (χ3n) is 4.15. The smallest absolute Gasteiger partial charge is 0.344 e. The molecule has 8 nitrogen and oxygen atoms in total. The Hall–Kier alpha value is -3.12. The van der Waals surface area contributed by atoms with Gasteiger partial charge in [0.2, 0.25) is 0 Å². The largest absolute Gasteiger partial charge is 0.433 e. The lowest BCUT2D eigenvalue weighted by Crippen LogP contribution is -2.28. The standard InChI is InChI=1S/C20H18ClF3N6O2S/c1-11(28-19(31)12-8-15(20(22,23)24)29-16(21)9-12)17-18(26-7-6-25-17)14-5-4-13(10-27-14)30-33(2,3)32/h4-11H,1-3H3,(H,28,31)/t11-/m0/s1. The Kier molecular flexibility index (Phi) is 6.98. The van der Waals surface area contributed by atoms with Gasteiger partial charge in [-0.15, -0.1) is 0 Å². The van der Waals surface area contributed by atoms with E-state index < -0.39 is 38.7 Å². The lowest BCUT2D eigenvalue weighted by Gasteiger charge is -2.16. The Morgan fingerprint density at radius 3 is 2.45 bits per heavy atom. The number of halogens is 4. The van der Waals surface area contributed by atoms with Crippen LogP contribution in [0.5, 0.6) is 0 Å². The molecular formula is C20H18ClF3N6O2S. The minimum absolute atomic E-state index is 0.300. The molecule has 1 atom stereocenters. The number of rotatable bonds is 5. The molecule has 0 bridgehead atoms. The van der Waals surface area contributed by atoms with Crippen LogP contribution in [0.3, 0.4) is 0 Å². The van der Waals surface area contributed by atoms with Gasteiger partial charge in [0.15, 0.2) is 0 Å². The minimum Gasteiger partial charge on any atom is -0.344 e. The van der Waals surface area contributed by atoms with Crippen molar-refractivity contribution in [3.05, 3.63) is 65.0 Å². The van der Waals surface area contributed by atoms with E-state index in [1.165, 1.54) is 31.1 Å². The summed E-state index contributed by atoms with van der Waals surface area (Å²) in [5.41, 5.74) is -0.0284. The number of nitrogens with one attached hydrogen (secondary N) is 1. The molecule has 33 heavy (non-hydrogen) atoms.